The first-order valence-electron chi connectivity index (χ1n) is 11.6. The molecule has 0 aromatic heterocycles. The Morgan fingerprint density at radius 1 is 1.06 bits per heavy atom. The summed E-state index contributed by atoms with van der Waals surface area (Å²) in [6, 6.07) is 10.7. The number of rotatable bonds is 7. The molecule has 0 aliphatic carbocycles. The fraction of sp³-hybridized carbons (Fsp3) is 0.696. The van der Waals surface area contributed by atoms with Crippen molar-refractivity contribution in [3.8, 4) is 0 Å². The highest BCUT2D eigenvalue weighted by Crippen LogP contribution is 2.23. The van der Waals surface area contributed by atoms with Gasteiger partial charge < -0.3 is 15.1 Å². The number of sulfone groups is 1. The van der Waals surface area contributed by atoms with Crippen LogP contribution in [0.4, 0.5) is 5.69 Å². The third-order valence-corrected chi connectivity index (χ3v) is 8.85. The number of nitrogens with one attached hydrogen (secondary N) is 1. The van der Waals surface area contributed by atoms with Gasteiger partial charge in [-0.25, -0.2) is 8.42 Å². The summed E-state index contributed by atoms with van der Waals surface area (Å²) in [7, 11) is -3.04. The topological polar surface area (TPSA) is 68.2 Å². The van der Waals surface area contributed by atoms with Gasteiger partial charge in [0.15, 0.2) is 15.8 Å². The highest BCUT2D eigenvalue weighted by molar-refractivity contribution is 7.92. The lowest BCUT2D eigenvalue weighted by atomic mass is 10.2. The number of hydrogen-bond donors (Lipinski definition) is 1. The molecular weight excluding hydrogens is 410 g/mol. The molecule has 0 radical (unpaired) electrons. The van der Waals surface area contributed by atoms with Gasteiger partial charge in [0, 0.05) is 58.0 Å². The molecule has 2 fully saturated rings. The number of para-hydroxylation sites is 1. The summed E-state index contributed by atoms with van der Waals surface area (Å²) in [6.45, 7) is 13.8. The molecule has 2 heterocycles. The zero-order valence-electron chi connectivity index (χ0n) is 19.4. The van der Waals surface area contributed by atoms with Gasteiger partial charge in [0.2, 0.25) is 0 Å². The highest BCUT2D eigenvalue weighted by atomic mass is 32.2. The first-order chi connectivity index (χ1) is 14.8. The van der Waals surface area contributed by atoms with Crippen molar-refractivity contribution in [2.45, 2.75) is 38.4 Å². The molecule has 2 saturated heterocycles. The number of piperazine rings is 1. The summed E-state index contributed by atoms with van der Waals surface area (Å²) in [6.07, 6.45) is 2.18. The first kappa shape index (κ1) is 23.9. The molecule has 2 aliphatic rings. The molecule has 1 aromatic rings. The second-order valence-electron chi connectivity index (χ2n) is 9.11. The van der Waals surface area contributed by atoms with E-state index in [0.29, 0.717) is 13.1 Å². The number of aliphatic imine (C=N–C) groups is 1. The zero-order valence-corrected chi connectivity index (χ0v) is 20.2. The Kier molecular flexibility index (Phi) is 8.22. The van der Waals surface area contributed by atoms with Crippen molar-refractivity contribution in [2.75, 3.05) is 69.6 Å². The maximum atomic E-state index is 12.3. The van der Waals surface area contributed by atoms with E-state index in [1.165, 1.54) is 5.69 Å². The van der Waals surface area contributed by atoms with Crippen LogP contribution in [0.15, 0.2) is 35.3 Å². The molecule has 0 spiro atoms. The van der Waals surface area contributed by atoms with E-state index in [1.54, 1.807) is 0 Å². The van der Waals surface area contributed by atoms with Crippen LogP contribution in [0.5, 0.6) is 0 Å². The van der Waals surface area contributed by atoms with E-state index >= 15 is 0 Å². The number of unbranched alkanes of at least 4 members (excludes halogenated alkanes) is 1. The van der Waals surface area contributed by atoms with Crippen LogP contribution < -0.4 is 10.2 Å². The molecule has 3 rings (SSSR count). The largest absolute Gasteiger partial charge is 0.369 e. The van der Waals surface area contributed by atoms with E-state index in [2.05, 4.69) is 57.3 Å². The number of guanidine groups is 1. The number of nitrogens with zero attached hydrogens (tertiary/aromatic N) is 4. The second-order valence-corrected chi connectivity index (χ2v) is 11.9. The monoisotopic (exact) mass is 449 g/mol. The summed E-state index contributed by atoms with van der Waals surface area (Å²) in [5.74, 6) is 1.04. The van der Waals surface area contributed by atoms with Gasteiger partial charge in [-0.2, -0.15) is 0 Å². The third-order valence-electron chi connectivity index (χ3n) is 6.32. The predicted octanol–water partition coefficient (Wildman–Crippen LogP) is 2.06. The molecular formula is C23H39N5O2S. The van der Waals surface area contributed by atoms with Crippen molar-refractivity contribution in [1.29, 1.82) is 0 Å². The minimum Gasteiger partial charge on any atom is -0.369 e. The predicted molar refractivity (Wildman–Crippen MR) is 130 cm³/mol. The summed E-state index contributed by atoms with van der Waals surface area (Å²) in [5.41, 5.74) is 1.32. The Balaban J connectivity index is 1.40. The van der Waals surface area contributed by atoms with E-state index in [4.69, 9.17) is 4.99 Å². The van der Waals surface area contributed by atoms with Crippen molar-refractivity contribution >= 4 is 21.5 Å². The average molecular weight is 450 g/mol. The Hall–Kier alpha value is -1.80. The van der Waals surface area contributed by atoms with Crippen LogP contribution in [0.2, 0.25) is 0 Å². The van der Waals surface area contributed by atoms with E-state index < -0.39 is 14.6 Å². The SMILES string of the molecule is CCNC(=NCCCCN1CCN(c2ccccc2)CC1)N1CCS(=O)(=O)C(C)(C)C1. The maximum Gasteiger partial charge on any atom is 0.193 e. The average Bonchev–Trinajstić information content (AvgIpc) is 2.76. The molecule has 1 N–H and O–H groups in total. The normalized spacial score (nSPS) is 21.8. The summed E-state index contributed by atoms with van der Waals surface area (Å²) in [4.78, 5) is 11.9. The highest BCUT2D eigenvalue weighted by Gasteiger charge is 2.40. The molecule has 31 heavy (non-hydrogen) atoms. The lowest BCUT2D eigenvalue weighted by Crippen LogP contribution is -2.57. The number of hydrogen-bond acceptors (Lipinski definition) is 5. The quantitative estimate of drug-likeness (QED) is 0.390. The lowest BCUT2D eigenvalue weighted by Gasteiger charge is -2.39. The molecule has 0 saturated carbocycles. The molecule has 1 aromatic carbocycles. The van der Waals surface area contributed by atoms with Gasteiger partial charge >= 0.3 is 0 Å². The van der Waals surface area contributed by atoms with Crippen LogP contribution in [0.3, 0.4) is 0 Å². The minimum absolute atomic E-state index is 0.194. The van der Waals surface area contributed by atoms with E-state index in [1.807, 2.05) is 13.8 Å². The molecule has 174 valence electrons. The molecule has 2 aliphatic heterocycles. The zero-order chi connectivity index (χ0) is 22.3. The number of benzene rings is 1. The Morgan fingerprint density at radius 2 is 1.77 bits per heavy atom. The Labute approximate surface area is 188 Å². The third kappa shape index (κ3) is 6.35. The van der Waals surface area contributed by atoms with Crippen LogP contribution in [-0.2, 0) is 9.84 Å². The van der Waals surface area contributed by atoms with Gasteiger partial charge in [-0.15, -0.1) is 0 Å². The fourth-order valence-corrected chi connectivity index (χ4v) is 5.62. The summed E-state index contributed by atoms with van der Waals surface area (Å²) in [5, 5.41) is 3.34. The van der Waals surface area contributed by atoms with Crippen LogP contribution in [0.1, 0.15) is 33.6 Å². The minimum atomic E-state index is -3.04. The number of anilines is 1. The second kappa shape index (κ2) is 10.7. The molecule has 7 nitrogen and oxygen atoms in total. The molecule has 0 unspecified atom stereocenters. The first-order valence-corrected chi connectivity index (χ1v) is 13.3. The van der Waals surface area contributed by atoms with Crippen LogP contribution in [0, 0.1) is 0 Å². The summed E-state index contributed by atoms with van der Waals surface area (Å²) >= 11 is 0. The standard InChI is InChI=1S/C23H39N5O2S/c1-4-24-22(28-18-19-31(29,30)23(2,3)20-28)25-12-8-9-13-26-14-16-27(17-15-26)21-10-6-5-7-11-21/h5-7,10-11H,4,8-9,12-20H2,1-3H3,(H,24,25). The molecule has 0 atom stereocenters. The smallest absolute Gasteiger partial charge is 0.193 e. The molecule has 8 heteroatoms. The lowest BCUT2D eigenvalue weighted by molar-refractivity contribution is 0.253. The van der Waals surface area contributed by atoms with E-state index in [0.717, 1.165) is 64.6 Å². The van der Waals surface area contributed by atoms with Gasteiger partial charge in [0.05, 0.1) is 10.5 Å². The van der Waals surface area contributed by atoms with Gasteiger partial charge in [-0.05, 0) is 52.3 Å². The molecule has 0 bridgehead atoms. The van der Waals surface area contributed by atoms with Crippen molar-refractivity contribution in [3.63, 3.8) is 0 Å². The van der Waals surface area contributed by atoms with Gasteiger partial charge in [0.1, 0.15) is 0 Å². The van der Waals surface area contributed by atoms with Crippen molar-refractivity contribution < 1.29 is 8.42 Å². The Morgan fingerprint density at radius 3 is 2.42 bits per heavy atom. The van der Waals surface area contributed by atoms with Crippen molar-refractivity contribution in [3.05, 3.63) is 30.3 Å². The van der Waals surface area contributed by atoms with Gasteiger partial charge in [-0.1, -0.05) is 18.2 Å². The van der Waals surface area contributed by atoms with Crippen LogP contribution in [-0.4, -0.2) is 93.6 Å². The van der Waals surface area contributed by atoms with E-state index in [9.17, 15) is 8.42 Å². The Bertz CT molecular complexity index is 818. The van der Waals surface area contributed by atoms with Crippen molar-refractivity contribution in [1.82, 2.24) is 15.1 Å². The van der Waals surface area contributed by atoms with Crippen LogP contribution in [0.25, 0.3) is 0 Å². The molecule has 0 amide bonds. The van der Waals surface area contributed by atoms with Gasteiger partial charge in [-0.3, -0.25) is 9.89 Å². The summed E-state index contributed by atoms with van der Waals surface area (Å²) < 4.78 is 23.8. The van der Waals surface area contributed by atoms with Crippen LogP contribution >= 0.6 is 0 Å². The fourth-order valence-electron chi connectivity index (χ4n) is 4.25. The van der Waals surface area contributed by atoms with Gasteiger partial charge in [0.25, 0.3) is 0 Å². The maximum absolute atomic E-state index is 12.3. The van der Waals surface area contributed by atoms with Crippen molar-refractivity contribution in [2.24, 2.45) is 4.99 Å². The van der Waals surface area contributed by atoms with E-state index in [-0.39, 0.29) is 5.75 Å².